The number of amides is 1. The molecule has 0 saturated carbocycles. The lowest BCUT2D eigenvalue weighted by atomic mass is 10.1. The number of nitrogens with two attached hydrogens (primary N) is 1. The second-order valence-corrected chi connectivity index (χ2v) is 7.52. The molecule has 0 radical (unpaired) electrons. The van der Waals surface area contributed by atoms with E-state index in [0.717, 1.165) is 0 Å². The average molecular weight is 361 g/mol. The van der Waals surface area contributed by atoms with Gasteiger partial charge in [0.05, 0.1) is 10.5 Å². The van der Waals surface area contributed by atoms with Gasteiger partial charge in [0.25, 0.3) is 5.91 Å². The molecule has 7 heteroatoms. The first-order valence-corrected chi connectivity index (χ1v) is 9.51. The number of nitrogens with zero attached hydrogens (tertiary/aromatic N) is 1. The molecule has 0 aliphatic rings. The number of sulfonamides is 1. The summed E-state index contributed by atoms with van der Waals surface area (Å²) in [5, 5.41) is 2.71. The zero-order chi connectivity index (χ0) is 18.6. The second-order valence-electron chi connectivity index (χ2n) is 5.61. The number of nitrogen functional groups attached to an aromatic ring is 1. The lowest BCUT2D eigenvalue weighted by Gasteiger charge is -2.20. The number of nitrogens with one attached hydrogen (secondary N) is 1. The van der Waals surface area contributed by atoms with Crippen molar-refractivity contribution in [3.8, 4) is 0 Å². The molecule has 0 aliphatic carbocycles. The number of anilines is 2. The van der Waals surface area contributed by atoms with Crippen LogP contribution in [-0.2, 0) is 10.0 Å². The molecule has 0 aromatic heterocycles. The SMILES string of the molecule is CCN(CC)S(=O)(=O)c1cc(NC(=O)c2ccccc2N)ccc1C. The van der Waals surface area contributed by atoms with Crippen LogP contribution in [0.5, 0.6) is 0 Å². The highest BCUT2D eigenvalue weighted by atomic mass is 32.2. The van der Waals surface area contributed by atoms with Gasteiger partial charge in [0.2, 0.25) is 10.0 Å². The molecule has 3 N–H and O–H groups in total. The Labute approximate surface area is 148 Å². The van der Waals surface area contributed by atoms with Gasteiger partial charge < -0.3 is 11.1 Å². The number of para-hydroxylation sites is 1. The molecule has 0 unspecified atom stereocenters. The smallest absolute Gasteiger partial charge is 0.257 e. The van der Waals surface area contributed by atoms with Crippen molar-refractivity contribution in [2.75, 3.05) is 24.1 Å². The minimum atomic E-state index is -3.61. The molecule has 25 heavy (non-hydrogen) atoms. The summed E-state index contributed by atoms with van der Waals surface area (Å²) in [6, 6.07) is 11.6. The van der Waals surface area contributed by atoms with E-state index in [-0.39, 0.29) is 10.8 Å². The predicted molar refractivity (Wildman–Crippen MR) is 100 cm³/mol. The molecule has 0 bridgehead atoms. The Morgan fingerprint density at radius 3 is 2.36 bits per heavy atom. The molecular formula is C18H23N3O3S. The predicted octanol–water partition coefficient (Wildman–Crippen LogP) is 2.86. The highest BCUT2D eigenvalue weighted by Crippen LogP contribution is 2.24. The van der Waals surface area contributed by atoms with Gasteiger partial charge in [-0.1, -0.05) is 32.0 Å². The molecule has 2 aromatic carbocycles. The number of benzene rings is 2. The number of hydrogen-bond acceptors (Lipinski definition) is 4. The highest BCUT2D eigenvalue weighted by Gasteiger charge is 2.24. The molecule has 0 spiro atoms. The molecule has 2 rings (SSSR count). The van der Waals surface area contributed by atoms with Gasteiger partial charge >= 0.3 is 0 Å². The van der Waals surface area contributed by atoms with Crippen molar-refractivity contribution in [2.45, 2.75) is 25.7 Å². The number of carbonyl (C=O) groups excluding carboxylic acids is 1. The summed E-state index contributed by atoms with van der Waals surface area (Å²) in [5.41, 5.74) is 7.55. The van der Waals surface area contributed by atoms with Crippen LogP contribution in [0.3, 0.4) is 0 Å². The van der Waals surface area contributed by atoms with Crippen molar-refractivity contribution in [1.82, 2.24) is 4.31 Å². The standard InChI is InChI=1S/C18H23N3O3S/c1-4-21(5-2)25(23,24)17-12-14(11-10-13(17)3)20-18(22)15-8-6-7-9-16(15)19/h6-12H,4-5,19H2,1-3H3,(H,20,22). The summed E-state index contributed by atoms with van der Waals surface area (Å²) >= 11 is 0. The van der Waals surface area contributed by atoms with Crippen LogP contribution in [0.1, 0.15) is 29.8 Å². The molecular weight excluding hydrogens is 338 g/mol. The Hall–Kier alpha value is -2.38. The third kappa shape index (κ3) is 4.00. The molecule has 1 amide bonds. The van der Waals surface area contributed by atoms with Crippen LogP contribution in [0.25, 0.3) is 0 Å². The van der Waals surface area contributed by atoms with Gasteiger partial charge in [0.1, 0.15) is 0 Å². The number of hydrogen-bond donors (Lipinski definition) is 2. The van der Waals surface area contributed by atoms with Crippen LogP contribution in [-0.4, -0.2) is 31.7 Å². The van der Waals surface area contributed by atoms with Crippen LogP contribution >= 0.6 is 0 Å². The summed E-state index contributed by atoms with van der Waals surface area (Å²) in [5.74, 6) is -0.381. The van der Waals surface area contributed by atoms with E-state index in [9.17, 15) is 13.2 Å². The number of carbonyl (C=O) groups is 1. The third-order valence-electron chi connectivity index (χ3n) is 3.97. The Balaban J connectivity index is 2.37. The van der Waals surface area contributed by atoms with Gasteiger partial charge in [0.15, 0.2) is 0 Å². The number of aryl methyl sites for hydroxylation is 1. The molecule has 0 atom stereocenters. The van der Waals surface area contributed by atoms with Crippen molar-refractivity contribution >= 4 is 27.3 Å². The Morgan fingerprint density at radius 2 is 1.76 bits per heavy atom. The van der Waals surface area contributed by atoms with Crippen LogP contribution in [0.4, 0.5) is 11.4 Å². The summed E-state index contributed by atoms with van der Waals surface area (Å²) in [7, 11) is -3.61. The molecule has 2 aromatic rings. The quantitative estimate of drug-likeness (QED) is 0.774. The average Bonchev–Trinajstić information content (AvgIpc) is 2.57. The van der Waals surface area contributed by atoms with Gasteiger partial charge in [-0.15, -0.1) is 0 Å². The van der Waals surface area contributed by atoms with Crippen LogP contribution in [0.15, 0.2) is 47.4 Å². The van der Waals surface area contributed by atoms with Gasteiger partial charge in [0, 0.05) is 24.5 Å². The maximum Gasteiger partial charge on any atom is 0.257 e. The van der Waals surface area contributed by atoms with Crippen molar-refractivity contribution in [2.24, 2.45) is 0 Å². The Kier molecular flexibility index (Phi) is 5.81. The van der Waals surface area contributed by atoms with Crippen LogP contribution in [0.2, 0.25) is 0 Å². The summed E-state index contributed by atoms with van der Waals surface area (Å²) in [6.45, 7) is 6.09. The minimum Gasteiger partial charge on any atom is -0.398 e. The monoisotopic (exact) mass is 361 g/mol. The minimum absolute atomic E-state index is 0.190. The third-order valence-corrected chi connectivity index (χ3v) is 6.17. The first kappa shape index (κ1) is 19.0. The summed E-state index contributed by atoms with van der Waals surface area (Å²) in [4.78, 5) is 12.6. The van der Waals surface area contributed by atoms with Crippen LogP contribution < -0.4 is 11.1 Å². The molecule has 0 saturated heterocycles. The maximum atomic E-state index is 12.8. The van der Waals surface area contributed by atoms with E-state index in [1.165, 1.54) is 10.4 Å². The van der Waals surface area contributed by atoms with Gasteiger partial charge in [-0.3, -0.25) is 4.79 Å². The van der Waals surface area contributed by atoms with E-state index in [4.69, 9.17) is 5.73 Å². The van der Waals surface area contributed by atoms with E-state index in [1.807, 2.05) is 0 Å². The van der Waals surface area contributed by atoms with Crippen molar-refractivity contribution in [1.29, 1.82) is 0 Å². The fourth-order valence-electron chi connectivity index (χ4n) is 2.56. The van der Waals surface area contributed by atoms with Crippen molar-refractivity contribution in [3.63, 3.8) is 0 Å². The largest absolute Gasteiger partial charge is 0.398 e. The van der Waals surface area contributed by atoms with Crippen LogP contribution in [0, 0.1) is 6.92 Å². The first-order chi connectivity index (χ1) is 11.8. The Morgan fingerprint density at radius 1 is 1.12 bits per heavy atom. The molecule has 0 fully saturated rings. The maximum absolute atomic E-state index is 12.8. The molecule has 134 valence electrons. The van der Waals surface area contributed by atoms with E-state index >= 15 is 0 Å². The van der Waals surface area contributed by atoms with Gasteiger partial charge in [-0.25, -0.2) is 8.42 Å². The van der Waals surface area contributed by atoms with Crippen molar-refractivity contribution < 1.29 is 13.2 Å². The zero-order valence-corrected chi connectivity index (χ0v) is 15.4. The normalized spacial score (nSPS) is 11.5. The fraction of sp³-hybridized carbons (Fsp3) is 0.278. The van der Waals surface area contributed by atoms with E-state index in [1.54, 1.807) is 57.2 Å². The first-order valence-electron chi connectivity index (χ1n) is 8.07. The second kappa shape index (κ2) is 7.67. The molecule has 6 nitrogen and oxygen atoms in total. The topological polar surface area (TPSA) is 92.5 Å². The van der Waals surface area contributed by atoms with Crippen molar-refractivity contribution in [3.05, 3.63) is 53.6 Å². The lowest BCUT2D eigenvalue weighted by Crippen LogP contribution is -2.31. The van der Waals surface area contributed by atoms with E-state index in [0.29, 0.717) is 35.6 Å². The number of rotatable bonds is 6. The Bertz CT molecular complexity index is 875. The fourth-order valence-corrected chi connectivity index (χ4v) is 4.27. The summed E-state index contributed by atoms with van der Waals surface area (Å²) in [6.07, 6.45) is 0. The van der Waals surface area contributed by atoms with Gasteiger partial charge in [-0.2, -0.15) is 4.31 Å². The van der Waals surface area contributed by atoms with E-state index < -0.39 is 10.0 Å². The highest BCUT2D eigenvalue weighted by molar-refractivity contribution is 7.89. The molecule has 0 aliphatic heterocycles. The summed E-state index contributed by atoms with van der Waals surface area (Å²) < 4.78 is 26.9. The van der Waals surface area contributed by atoms with E-state index in [2.05, 4.69) is 5.32 Å². The lowest BCUT2D eigenvalue weighted by molar-refractivity contribution is 0.102. The zero-order valence-electron chi connectivity index (χ0n) is 14.6. The van der Waals surface area contributed by atoms with Gasteiger partial charge in [-0.05, 0) is 36.8 Å². The molecule has 0 heterocycles.